The number of hydrogen-bond donors (Lipinski definition) is 0. The Morgan fingerprint density at radius 2 is 2.04 bits per heavy atom. The number of ether oxygens (including phenoxy) is 1. The van der Waals surface area contributed by atoms with Crippen molar-refractivity contribution < 1.29 is 14.5 Å². The fraction of sp³-hybridized carbons (Fsp3) is 0.118. The van der Waals surface area contributed by atoms with E-state index in [-0.39, 0.29) is 11.6 Å². The molecule has 1 aliphatic heterocycles. The number of amides is 1. The lowest BCUT2D eigenvalue weighted by Crippen LogP contribution is -2.23. The first-order chi connectivity index (χ1) is 11.1. The van der Waals surface area contributed by atoms with Crippen LogP contribution in [0.25, 0.3) is 0 Å². The molecule has 0 saturated heterocycles. The fourth-order valence-electron chi connectivity index (χ4n) is 2.34. The van der Waals surface area contributed by atoms with Crippen molar-refractivity contribution in [1.82, 2.24) is 4.90 Å². The molecule has 6 nitrogen and oxygen atoms in total. The second kappa shape index (κ2) is 6.31. The third kappa shape index (κ3) is 3.21. The molecule has 0 spiro atoms. The van der Waals surface area contributed by atoms with E-state index in [0.29, 0.717) is 11.3 Å². The molecule has 116 valence electrons. The zero-order chi connectivity index (χ0) is 16.2. The Bertz CT molecular complexity index is 757. The van der Waals surface area contributed by atoms with Gasteiger partial charge < -0.3 is 4.74 Å². The number of rotatable bonds is 3. The lowest BCUT2D eigenvalue weighted by atomic mass is 10.0. The molecule has 1 amide bonds. The average molecular weight is 310 g/mol. The molecule has 0 N–H and O–H groups in total. The summed E-state index contributed by atoms with van der Waals surface area (Å²) < 4.78 is 5.48. The van der Waals surface area contributed by atoms with Crippen molar-refractivity contribution in [3.8, 4) is 0 Å². The van der Waals surface area contributed by atoms with Crippen LogP contribution in [0.15, 0.2) is 72.5 Å². The van der Waals surface area contributed by atoms with E-state index in [4.69, 9.17) is 4.74 Å². The van der Waals surface area contributed by atoms with Gasteiger partial charge in [0.25, 0.3) is 11.6 Å². The van der Waals surface area contributed by atoms with Crippen LogP contribution in [0, 0.1) is 10.1 Å². The molecule has 3 rings (SSSR count). The average Bonchev–Trinajstić information content (AvgIpc) is 2.62. The number of hydrogen-bond acceptors (Lipinski definition) is 4. The standard InChI is InChI=1S/C17H14N2O4/c20-17(14-6-8-15(9-7-14)19(21)22)18-10-11-23-16(12-18)13-4-2-1-3-5-13/h1-2,4,6-12H,3,5H2. The SMILES string of the molecule is O=C(c1ccc([N+](=O)[O-])cc1)N1C=COC(C2=CC=CCC2)=C1. The van der Waals surface area contributed by atoms with Gasteiger partial charge >= 0.3 is 0 Å². The van der Waals surface area contributed by atoms with Crippen LogP contribution in [0.5, 0.6) is 0 Å². The normalized spacial score (nSPS) is 16.4. The summed E-state index contributed by atoms with van der Waals surface area (Å²) in [7, 11) is 0. The summed E-state index contributed by atoms with van der Waals surface area (Å²) in [4.78, 5) is 24.1. The Kier molecular flexibility index (Phi) is 4.05. The molecule has 6 heteroatoms. The third-order valence-corrected chi connectivity index (χ3v) is 3.56. The topological polar surface area (TPSA) is 72.7 Å². The van der Waals surface area contributed by atoms with Crippen molar-refractivity contribution in [2.24, 2.45) is 0 Å². The van der Waals surface area contributed by atoms with E-state index in [1.54, 1.807) is 6.20 Å². The van der Waals surface area contributed by atoms with E-state index in [0.717, 1.165) is 18.4 Å². The quantitative estimate of drug-likeness (QED) is 0.631. The maximum atomic E-state index is 12.5. The lowest BCUT2D eigenvalue weighted by Gasteiger charge is -2.21. The summed E-state index contributed by atoms with van der Waals surface area (Å²) >= 11 is 0. The van der Waals surface area contributed by atoms with E-state index < -0.39 is 4.92 Å². The molecule has 0 bridgehead atoms. The Balaban J connectivity index is 1.81. The highest BCUT2D eigenvalue weighted by Crippen LogP contribution is 2.25. The molecule has 1 heterocycles. The van der Waals surface area contributed by atoms with Crippen molar-refractivity contribution in [2.75, 3.05) is 0 Å². The zero-order valence-electron chi connectivity index (χ0n) is 12.2. The summed E-state index contributed by atoms with van der Waals surface area (Å²) in [6.07, 6.45) is 12.4. The summed E-state index contributed by atoms with van der Waals surface area (Å²) in [6.45, 7) is 0. The minimum Gasteiger partial charge on any atom is -0.462 e. The van der Waals surface area contributed by atoms with Crippen LogP contribution >= 0.6 is 0 Å². The number of nitro benzene ring substituents is 1. The van der Waals surface area contributed by atoms with Crippen LogP contribution in [0.1, 0.15) is 23.2 Å². The van der Waals surface area contributed by atoms with Crippen LogP contribution < -0.4 is 0 Å². The van der Waals surface area contributed by atoms with E-state index in [1.165, 1.54) is 41.6 Å². The van der Waals surface area contributed by atoms with Crippen molar-refractivity contribution in [2.45, 2.75) is 12.8 Å². The van der Waals surface area contributed by atoms with Crippen LogP contribution in [-0.4, -0.2) is 15.7 Å². The molecular weight excluding hydrogens is 296 g/mol. The molecule has 1 aromatic carbocycles. The monoisotopic (exact) mass is 310 g/mol. The smallest absolute Gasteiger partial charge is 0.269 e. The first-order valence-corrected chi connectivity index (χ1v) is 7.13. The van der Waals surface area contributed by atoms with E-state index in [2.05, 4.69) is 6.08 Å². The first-order valence-electron chi connectivity index (χ1n) is 7.13. The molecule has 0 aromatic heterocycles. The molecule has 2 aliphatic rings. The second-order valence-corrected chi connectivity index (χ2v) is 5.07. The molecule has 0 atom stereocenters. The Morgan fingerprint density at radius 1 is 1.26 bits per heavy atom. The highest BCUT2D eigenvalue weighted by atomic mass is 16.6. The maximum absolute atomic E-state index is 12.5. The molecule has 0 saturated carbocycles. The molecule has 0 fully saturated rings. The van der Waals surface area contributed by atoms with Gasteiger partial charge in [-0.2, -0.15) is 0 Å². The first kappa shape index (κ1) is 14.8. The van der Waals surface area contributed by atoms with E-state index in [1.807, 2.05) is 12.2 Å². The molecule has 23 heavy (non-hydrogen) atoms. The van der Waals surface area contributed by atoms with Crippen molar-refractivity contribution >= 4 is 11.6 Å². The van der Waals surface area contributed by atoms with Gasteiger partial charge in [-0.15, -0.1) is 0 Å². The maximum Gasteiger partial charge on any atom is 0.269 e. The van der Waals surface area contributed by atoms with Gasteiger partial charge in [0, 0.05) is 23.9 Å². The van der Waals surface area contributed by atoms with Crippen molar-refractivity contribution in [3.05, 3.63) is 88.2 Å². The van der Waals surface area contributed by atoms with Gasteiger partial charge in [-0.25, -0.2) is 0 Å². The molecule has 1 aromatic rings. The molecule has 0 unspecified atom stereocenters. The van der Waals surface area contributed by atoms with Gasteiger partial charge in [0.2, 0.25) is 0 Å². The Morgan fingerprint density at radius 3 is 2.70 bits per heavy atom. The number of benzene rings is 1. The summed E-state index contributed by atoms with van der Waals surface area (Å²) in [5.41, 5.74) is 1.35. The number of carbonyl (C=O) groups is 1. The van der Waals surface area contributed by atoms with Crippen molar-refractivity contribution in [1.29, 1.82) is 0 Å². The van der Waals surface area contributed by atoms with E-state index >= 15 is 0 Å². The van der Waals surface area contributed by atoms with Gasteiger partial charge in [0.05, 0.1) is 11.1 Å². The van der Waals surface area contributed by atoms with E-state index in [9.17, 15) is 14.9 Å². The highest BCUT2D eigenvalue weighted by molar-refractivity contribution is 5.95. The summed E-state index contributed by atoms with van der Waals surface area (Å²) in [6, 6.07) is 5.52. The van der Waals surface area contributed by atoms with Crippen LogP contribution in [0.2, 0.25) is 0 Å². The minimum atomic E-state index is -0.496. The Labute approximate surface area is 132 Å². The zero-order valence-corrected chi connectivity index (χ0v) is 12.2. The number of nitrogens with zero attached hydrogens (tertiary/aromatic N) is 2. The van der Waals surface area contributed by atoms with Gasteiger partial charge in [-0.05, 0) is 30.5 Å². The highest BCUT2D eigenvalue weighted by Gasteiger charge is 2.19. The van der Waals surface area contributed by atoms with Crippen LogP contribution in [0.3, 0.4) is 0 Å². The summed E-state index contributed by atoms with van der Waals surface area (Å²) in [5.74, 6) is 0.357. The molecule has 1 aliphatic carbocycles. The predicted octanol–water partition coefficient (Wildman–Crippen LogP) is 3.66. The molecular formula is C17H14N2O4. The van der Waals surface area contributed by atoms with Gasteiger partial charge in [-0.1, -0.05) is 18.2 Å². The number of nitro groups is 1. The number of carbonyl (C=O) groups excluding carboxylic acids is 1. The van der Waals surface area contributed by atoms with Crippen molar-refractivity contribution in [3.63, 3.8) is 0 Å². The minimum absolute atomic E-state index is 0.0468. The molecule has 0 radical (unpaired) electrons. The van der Waals surface area contributed by atoms with Gasteiger partial charge in [0.15, 0.2) is 0 Å². The van der Waals surface area contributed by atoms with Crippen LogP contribution in [0.4, 0.5) is 5.69 Å². The fourth-order valence-corrected chi connectivity index (χ4v) is 2.34. The number of allylic oxidation sites excluding steroid dienone is 4. The Hall–Kier alpha value is -3.15. The van der Waals surface area contributed by atoms with Gasteiger partial charge in [0.1, 0.15) is 12.0 Å². The largest absolute Gasteiger partial charge is 0.462 e. The second-order valence-electron chi connectivity index (χ2n) is 5.07. The number of non-ortho nitro benzene ring substituents is 1. The van der Waals surface area contributed by atoms with Crippen LogP contribution in [-0.2, 0) is 4.74 Å². The van der Waals surface area contributed by atoms with Gasteiger partial charge in [-0.3, -0.25) is 19.8 Å². The third-order valence-electron chi connectivity index (χ3n) is 3.56. The summed E-state index contributed by atoms with van der Waals surface area (Å²) in [5, 5.41) is 10.7. The lowest BCUT2D eigenvalue weighted by molar-refractivity contribution is -0.384. The predicted molar refractivity (Wildman–Crippen MR) is 84.0 cm³/mol.